The second-order valence-corrected chi connectivity index (χ2v) is 5.86. The molecule has 0 atom stereocenters. The monoisotopic (exact) mass is 319 g/mol. The van der Waals surface area contributed by atoms with Gasteiger partial charge < -0.3 is 14.5 Å². The van der Waals surface area contributed by atoms with Gasteiger partial charge in [0.1, 0.15) is 5.75 Å². The quantitative estimate of drug-likeness (QED) is 0.790. The minimum absolute atomic E-state index is 0.00182. The molecule has 7 heteroatoms. The minimum Gasteiger partial charge on any atom is -0.493 e. The lowest BCUT2D eigenvalue weighted by Crippen LogP contribution is -2.26. The SMILES string of the molecule is CCOc1ccccc1-c1nnc(SCC(=O)NC2CC2)o1. The van der Waals surface area contributed by atoms with Gasteiger partial charge in [0.15, 0.2) is 0 Å². The number of carbonyl (C=O) groups is 1. The van der Waals surface area contributed by atoms with Gasteiger partial charge in [0.25, 0.3) is 11.1 Å². The summed E-state index contributed by atoms with van der Waals surface area (Å²) < 4.78 is 11.2. The number of ether oxygens (including phenoxy) is 1. The van der Waals surface area contributed by atoms with E-state index < -0.39 is 0 Å². The van der Waals surface area contributed by atoms with E-state index in [1.165, 1.54) is 11.8 Å². The van der Waals surface area contributed by atoms with Crippen LogP contribution in [0.4, 0.5) is 0 Å². The van der Waals surface area contributed by atoms with Crippen molar-refractivity contribution in [2.45, 2.75) is 31.0 Å². The Balaban J connectivity index is 1.64. The van der Waals surface area contributed by atoms with Crippen LogP contribution in [0.15, 0.2) is 33.9 Å². The molecule has 0 aliphatic heterocycles. The summed E-state index contributed by atoms with van der Waals surface area (Å²) in [5.74, 6) is 1.39. The van der Waals surface area contributed by atoms with Gasteiger partial charge in [0.2, 0.25) is 5.91 Å². The van der Waals surface area contributed by atoms with Crippen LogP contribution in [0.25, 0.3) is 11.5 Å². The van der Waals surface area contributed by atoms with E-state index in [-0.39, 0.29) is 11.7 Å². The summed E-state index contributed by atoms with van der Waals surface area (Å²) in [5, 5.41) is 11.3. The maximum absolute atomic E-state index is 11.6. The predicted octanol–water partition coefficient (Wildman–Crippen LogP) is 2.51. The molecule has 6 nitrogen and oxygen atoms in total. The molecule has 22 heavy (non-hydrogen) atoms. The summed E-state index contributed by atoms with van der Waals surface area (Å²) in [6, 6.07) is 7.87. The number of rotatable bonds is 7. The summed E-state index contributed by atoms with van der Waals surface area (Å²) >= 11 is 1.24. The van der Waals surface area contributed by atoms with Gasteiger partial charge in [-0.25, -0.2) is 0 Å². The maximum atomic E-state index is 11.6. The number of benzene rings is 1. The average Bonchev–Trinajstić information content (AvgIpc) is 3.21. The van der Waals surface area contributed by atoms with E-state index in [2.05, 4.69) is 15.5 Å². The van der Waals surface area contributed by atoms with Crippen molar-refractivity contribution in [1.82, 2.24) is 15.5 Å². The standard InChI is InChI=1S/C15H17N3O3S/c1-2-20-12-6-4-3-5-11(12)14-17-18-15(21-14)22-9-13(19)16-10-7-8-10/h3-6,10H,2,7-9H2,1H3,(H,16,19). The van der Waals surface area contributed by atoms with Crippen LogP contribution in [-0.4, -0.2) is 34.5 Å². The van der Waals surface area contributed by atoms with E-state index in [4.69, 9.17) is 9.15 Å². The topological polar surface area (TPSA) is 77.2 Å². The van der Waals surface area contributed by atoms with E-state index in [0.29, 0.717) is 29.5 Å². The molecular weight excluding hydrogens is 302 g/mol. The fraction of sp³-hybridized carbons (Fsp3) is 0.400. The van der Waals surface area contributed by atoms with Crippen LogP contribution in [0.2, 0.25) is 0 Å². The number of thioether (sulfide) groups is 1. The van der Waals surface area contributed by atoms with Crippen molar-refractivity contribution < 1.29 is 13.9 Å². The molecule has 0 spiro atoms. The lowest BCUT2D eigenvalue weighted by molar-refractivity contribution is -0.118. The van der Waals surface area contributed by atoms with Crippen molar-refractivity contribution >= 4 is 17.7 Å². The second kappa shape index (κ2) is 6.83. The third-order valence-corrected chi connectivity index (χ3v) is 3.91. The van der Waals surface area contributed by atoms with Crippen LogP contribution in [0, 0.1) is 0 Å². The highest BCUT2D eigenvalue weighted by atomic mass is 32.2. The smallest absolute Gasteiger partial charge is 0.277 e. The van der Waals surface area contributed by atoms with Crippen molar-refractivity contribution in [3.63, 3.8) is 0 Å². The Morgan fingerprint density at radius 3 is 3.00 bits per heavy atom. The Morgan fingerprint density at radius 2 is 2.23 bits per heavy atom. The van der Waals surface area contributed by atoms with Crippen molar-refractivity contribution in [2.24, 2.45) is 0 Å². The molecular formula is C15H17N3O3S. The van der Waals surface area contributed by atoms with E-state index in [1.807, 2.05) is 31.2 Å². The van der Waals surface area contributed by atoms with Gasteiger partial charge in [-0.15, -0.1) is 10.2 Å². The molecule has 0 unspecified atom stereocenters. The molecule has 2 aromatic rings. The Labute approximate surface area is 132 Å². The number of amides is 1. The number of nitrogens with zero attached hydrogens (tertiary/aromatic N) is 2. The van der Waals surface area contributed by atoms with Crippen LogP contribution in [0.3, 0.4) is 0 Å². The first kappa shape index (κ1) is 14.9. The largest absolute Gasteiger partial charge is 0.493 e. The number of hydrogen-bond donors (Lipinski definition) is 1. The molecule has 1 aliphatic rings. The fourth-order valence-corrected chi connectivity index (χ4v) is 2.50. The van der Waals surface area contributed by atoms with Gasteiger partial charge in [-0.05, 0) is 31.9 Å². The van der Waals surface area contributed by atoms with Crippen molar-refractivity contribution in [2.75, 3.05) is 12.4 Å². The van der Waals surface area contributed by atoms with Gasteiger partial charge in [-0.3, -0.25) is 4.79 Å². The van der Waals surface area contributed by atoms with Crippen LogP contribution in [0.1, 0.15) is 19.8 Å². The molecule has 1 amide bonds. The van der Waals surface area contributed by atoms with E-state index >= 15 is 0 Å². The second-order valence-electron chi connectivity index (χ2n) is 4.93. The summed E-state index contributed by atoms with van der Waals surface area (Å²) in [4.78, 5) is 11.6. The summed E-state index contributed by atoms with van der Waals surface area (Å²) in [5.41, 5.74) is 0.756. The first-order chi connectivity index (χ1) is 10.8. The van der Waals surface area contributed by atoms with E-state index in [9.17, 15) is 4.79 Å². The molecule has 1 N–H and O–H groups in total. The minimum atomic E-state index is 0.00182. The molecule has 1 fully saturated rings. The number of carbonyl (C=O) groups excluding carboxylic acids is 1. The third-order valence-electron chi connectivity index (χ3n) is 3.09. The van der Waals surface area contributed by atoms with Crippen molar-refractivity contribution in [3.05, 3.63) is 24.3 Å². The molecule has 1 saturated carbocycles. The van der Waals surface area contributed by atoms with E-state index in [1.54, 1.807) is 0 Å². The van der Waals surface area contributed by atoms with Gasteiger partial charge in [-0.2, -0.15) is 0 Å². The van der Waals surface area contributed by atoms with Gasteiger partial charge in [0.05, 0.1) is 17.9 Å². The summed E-state index contributed by atoms with van der Waals surface area (Å²) in [6.07, 6.45) is 2.16. The Bertz CT molecular complexity index is 655. The molecule has 0 radical (unpaired) electrons. The summed E-state index contributed by atoms with van der Waals surface area (Å²) in [6.45, 7) is 2.48. The van der Waals surface area contributed by atoms with Gasteiger partial charge >= 0.3 is 0 Å². The number of nitrogens with one attached hydrogen (secondary N) is 1. The van der Waals surface area contributed by atoms with Crippen molar-refractivity contribution in [1.29, 1.82) is 0 Å². The highest BCUT2D eigenvalue weighted by molar-refractivity contribution is 7.99. The maximum Gasteiger partial charge on any atom is 0.277 e. The first-order valence-electron chi connectivity index (χ1n) is 7.24. The molecule has 1 aromatic heterocycles. The summed E-state index contributed by atoms with van der Waals surface area (Å²) in [7, 11) is 0. The van der Waals surface area contributed by atoms with Crippen molar-refractivity contribution in [3.8, 4) is 17.2 Å². The molecule has 0 saturated heterocycles. The number of para-hydroxylation sites is 1. The molecule has 1 heterocycles. The van der Waals surface area contributed by atoms with Crippen LogP contribution < -0.4 is 10.1 Å². The Morgan fingerprint density at radius 1 is 1.41 bits per heavy atom. The number of aromatic nitrogens is 2. The lowest BCUT2D eigenvalue weighted by atomic mass is 10.2. The molecule has 1 aromatic carbocycles. The Kier molecular flexibility index (Phi) is 4.62. The third kappa shape index (κ3) is 3.79. The molecule has 116 valence electrons. The Hall–Kier alpha value is -2.02. The zero-order valence-electron chi connectivity index (χ0n) is 12.2. The zero-order valence-corrected chi connectivity index (χ0v) is 13.1. The van der Waals surface area contributed by atoms with E-state index in [0.717, 1.165) is 18.4 Å². The lowest BCUT2D eigenvalue weighted by Gasteiger charge is -2.06. The van der Waals surface area contributed by atoms with Crippen LogP contribution in [0.5, 0.6) is 5.75 Å². The van der Waals surface area contributed by atoms with Crippen LogP contribution in [-0.2, 0) is 4.79 Å². The normalized spacial score (nSPS) is 13.9. The molecule has 0 bridgehead atoms. The number of hydrogen-bond acceptors (Lipinski definition) is 6. The fourth-order valence-electron chi connectivity index (χ4n) is 1.93. The van der Waals surface area contributed by atoms with Gasteiger partial charge in [-0.1, -0.05) is 23.9 Å². The first-order valence-corrected chi connectivity index (χ1v) is 8.22. The molecule has 1 aliphatic carbocycles. The highest BCUT2D eigenvalue weighted by Gasteiger charge is 2.23. The predicted molar refractivity (Wildman–Crippen MR) is 82.8 cm³/mol. The van der Waals surface area contributed by atoms with Gasteiger partial charge in [0, 0.05) is 6.04 Å². The average molecular weight is 319 g/mol. The molecule has 3 rings (SSSR count). The van der Waals surface area contributed by atoms with Crippen LogP contribution >= 0.6 is 11.8 Å². The zero-order chi connectivity index (χ0) is 15.4. The highest BCUT2D eigenvalue weighted by Crippen LogP contribution is 2.30.